The van der Waals surface area contributed by atoms with Crippen molar-refractivity contribution in [2.45, 2.75) is 34.1 Å². The Kier molecular flexibility index (Phi) is 3.89. The van der Waals surface area contributed by atoms with E-state index in [1.165, 1.54) is 0 Å². The van der Waals surface area contributed by atoms with Crippen LogP contribution < -0.4 is 4.74 Å². The van der Waals surface area contributed by atoms with Crippen LogP contribution in [0.15, 0.2) is 12.1 Å². The molecule has 0 unspecified atom stereocenters. The summed E-state index contributed by atoms with van der Waals surface area (Å²) >= 11 is 0. The van der Waals surface area contributed by atoms with Crippen molar-refractivity contribution in [3.8, 4) is 5.75 Å². The molecule has 0 heterocycles. The summed E-state index contributed by atoms with van der Waals surface area (Å²) in [5.41, 5.74) is 2.80. The SMILES string of the molecule is CCCOc1cc(C)c(C(C)=O)cc1C. The molecule has 0 radical (unpaired) electrons. The summed E-state index contributed by atoms with van der Waals surface area (Å²) in [5.74, 6) is 0.997. The minimum absolute atomic E-state index is 0.109. The Morgan fingerprint density at radius 1 is 1.27 bits per heavy atom. The van der Waals surface area contributed by atoms with Crippen LogP contribution in [-0.2, 0) is 0 Å². The van der Waals surface area contributed by atoms with Crippen LogP contribution in [-0.4, -0.2) is 12.4 Å². The van der Waals surface area contributed by atoms with Crippen molar-refractivity contribution in [1.29, 1.82) is 0 Å². The van der Waals surface area contributed by atoms with Crippen LogP contribution in [0.1, 0.15) is 41.8 Å². The zero-order valence-electron chi connectivity index (χ0n) is 9.89. The van der Waals surface area contributed by atoms with E-state index in [9.17, 15) is 4.79 Å². The van der Waals surface area contributed by atoms with Gasteiger partial charge < -0.3 is 4.74 Å². The summed E-state index contributed by atoms with van der Waals surface area (Å²) in [7, 11) is 0. The Bertz CT molecular complexity index is 367. The molecule has 0 aromatic heterocycles. The van der Waals surface area contributed by atoms with Gasteiger partial charge in [0.05, 0.1) is 6.61 Å². The number of hydrogen-bond acceptors (Lipinski definition) is 2. The van der Waals surface area contributed by atoms with Gasteiger partial charge in [-0.3, -0.25) is 4.79 Å². The van der Waals surface area contributed by atoms with Gasteiger partial charge in [0.25, 0.3) is 0 Å². The lowest BCUT2D eigenvalue weighted by Crippen LogP contribution is -2.01. The lowest BCUT2D eigenvalue weighted by Gasteiger charge is -2.11. The molecule has 15 heavy (non-hydrogen) atoms. The average molecular weight is 206 g/mol. The van der Waals surface area contributed by atoms with Crippen molar-refractivity contribution >= 4 is 5.78 Å². The highest BCUT2D eigenvalue weighted by Crippen LogP contribution is 2.23. The second-order valence-corrected chi connectivity index (χ2v) is 3.84. The average Bonchev–Trinajstić information content (AvgIpc) is 2.18. The van der Waals surface area contributed by atoms with E-state index < -0.39 is 0 Å². The van der Waals surface area contributed by atoms with Gasteiger partial charge in [-0.15, -0.1) is 0 Å². The number of Topliss-reactive ketones (excluding diaryl/α,β-unsaturated/α-hetero) is 1. The van der Waals surface area contributed by atoms with Gasteiger partial charge in [-0.2, -0.15) is 0 Å². The zero-order chi connectivity index (χ0) is 11.4. The molecular formula is C13H18O2. The van der Waals surface area contributed by atoms with E-state index in [-0.39, 0.29) is 5.78 Å². The van der Waals surface area contributed by atoms with Gasteiger partial charge in [-0.25, -0.2) is 0 Å². The fraction of sp³-hybridized carbons (Fsp3) is 0.462. The third kappa shape index (κ3) is 2.82. The number of rotatable bonds is 4. The van der Waals surface area contributed by atoms with Gasteiger partial charge in [-0.05, 0) is 50.5 Å². The van der Waals surface area contributed by atoms with Crippen molar-refractivity contribution in [3.63, 3.8) is 0 Å². The second kappa shape index (κ2) is 4.96. The number of aryl methyl sites for hydroxylation is 2. The molecule has 0 aliphatic rings. The van der Waals surface area contributed by atoms with E-state index in [1.807, 2.05) is 26.0 Å². The van der Waals surface area contributed by atoms with Crippen LogP contribution >= 0.6 is 0 Å². The second-order valence-electron chi connectivity index (χ2n) is 3.84. The standard InChI is InChI=1S/C13H18O2/c1-5-6-15-13-8-9(2)12(11(4)14)7-10(13)3/h7-8H,5-6H2,1-4H3. The molecule has 0 aliphatic carbocycles. The maximum absolute atomic E-state index is 11.3. The van der Waals surface area contributed by atoms with Crippen LogP contribution in [0.5, 0.6) is 5.75 Å². The molecule has 2 nitrogen and oxygen atoms in total. The largest absolute Gasteiger partial charge is 0.493 e. The van der Waals surface area contributed by atoms with E-state index in [1.54, 1.807) is 6.92 Å². The van der Waals surface area contributed by atoms with E-state index in [2.05, 4.69) is 6.92 Å². The van der Waals surface area contributed by atoms with E-state index in [0.717, 1.165) is 35.5 Å². The highest BCUT2D eigenvalue weighted by molar-refractivity contribution is 5.95. The van der Waals surface area contributed by atoms with Gasteiger partial charge in [0.2, 0.25) is 0 Å². The summed E-state index contributed by atoms with van der Waals surface area (Å²) in [6, 6.07) is 3.85. The first kappa shape index (κ1) is 11.8. The Hall–Kier alpha value is -1.31. The summed E-state index contributed by atoms with van der Waals surface area (Å²) in [6.07, 6.45) is 0.993. The fourth-order valence-corrected chi connectivity index (χ4v) is 1.54. The van der Waals surface area contributed by atoms with Crippen molar-refractivity contribution < 1.29 is 9.53 Å². The van der Waals surface area contributed by atoms with Gasteiger partial charge in [-0.1, -0.05) is 6.92 Å². The zero-order valence-corrected chi connectivity index (χ0v) is 9.89. The molecule has 0 N–H and O–H groups in total. The van der Waals surface area contributed by atoms with Crippen LogP contribution in [0, 0.1) is 13.8 Å². The molecule has 0 atom stereocenters. The minimum atomic E-state index is 0.109. The third-order valence-corrected chi connectivity index (χ3v) is 2.36. The highest BCUT2D eigenvalue weighted by atomic mass is 16.5. The van der Waals surface area contributed by atoms with Crippen molar-refractivity contribution in [1.82, 2.24) is 0 Å². The normalized spacial score (nSPS) is 10.1. The number of hydrogen-bond donors (Lipinski definition) is 0. The molecule has 1 rings (SSSR count). The summed E-state index contributed by atoms with van der Waals surface area (Å²) in [5, 5.41) is 0. The Morgan fingerprint density at radius 2 is 1.93 bits per heavy atom. The maximum Gasteiger partial charge on any atom is 0.160 e. The lowest BCUT2D eigenvalue weighted by atomic mass is 10.0. The van der Waals surface area contributed by atoms with Gasteiger partial charge in [0.15, 0.2) is 5.78 Å². The molecule has 0 amide bonds. The molecule has 1 aromatic carbocycles. The van der Waals surface area contributed by atoms with Gasteiger partial charge in [0, 0.05) is 5.56 Å². The number of benzene rings is 1. The molecule has 0 saturated carbocycles. The Balaban J connectivity index is 3.02. The van der Waals surface area contributed by atoms with Gasteiger partial charge in [0.1, 0.15) is 5.75 Å². The number of ketones is 1. The summed E-state index contributed by atoms with van der Waals surface area (Å²) in [6.45, 7) is 8.30. The molecule has 0 spiro atoms. The smallest absolute Gasteiger partial charge is 0.160 e. The quantitative estimate of drug-likeness (QED) is 0.706. The number of carbonyl (C=O) groups is 1. The Labute approximate surface area is 91.3 Å². The first-order valence-corrected chi connectivity index (χ1v) is 5.31. The molecule has 0 aliphatic heterocycles. The maximum atomic E-state index is 11.3. The minimum Gasteiger partial charge on any atom is -0.493 e. The monoisotopic (exact) mass is 206 g/mol. The van der Waals surface area contributed by atoms with Crippen LogP contribution in [0.4, 0.5) is 0 Å². The number of carbonyl (C=O) groups excluding carboxylic acids is 1. The molecule has 0 fully saturated rings. The van der Waals surface area contributed by atoms with Crippen LogP contribution in [0.3, 0.4) is 0 Å². The lowest BCUT2D eigenvalue weighted by molar-refractivity contribution is 0.101. The van der Waals surface area contributed by atoms with Crippen LogP contribution in [0.2, 0.25) is 0 Å². The highest BCUT2D eigenvalue weighted by Gasteiger charge is 2.08. The molecule has 0 bridgehead atoms. The predicted molar refractivity (Wildman–Crippen MR) is 61.7 cm³/mol. The molecule has 2 heteroatoms. The first-order valence-electron chi connectivity index (χ1n) is 5.31. The number of ether oxygens (including phenoxy) is 1. The fourth-order valence-electron chi connectivity index (χ4n) is 1.54. The van der Waals surface area contributed by atoms with Crippen molar-refractivity contribution in [2.24, 2.45) is 0 Å². The molecule has 1 aromatic rings. The molecule has 0 saturated heterocycles. The summed E-state index contributed by atoms with van der Waals surface area (Å²) in [4.78, 5) is 11.3. The predicted octanol–water partition coefficient (Wildman–Crippen LogP) is 3.29. The topological polar surface area (TPSA) is 26.3 Å². The van der Waals surface area contributed by atoms with Gasteiger partial charge >= 0.3 is 0 Å². The van der Waals surface area contributed by atoms with Crippen LogP contribution in [0.25, 0.3) is 0 Å². The van der Waals surface area contributed by atoms with E-state index >= 15 is 0 Å². The van der Waals surface area contributed by atoms with Crippen molar-refractivity contribution in [3.05, 3.63) is 28.8 Å². The van der Waals surface area contributed by atoms with Crippen molar-refractivity contribution in [2.75, 3.05) is 6.61 Å². The molecule has 82 valence electrons. The molecular weight excluding hydrogens is 188 g/mol. The third-order valence-electron chi connectivity index (χ3n) is 2.36. The van der Waals surface area contributed by atoms with E-state index in [0.29, 0.717) is 0 Å². The first-order chi connectivity index (χ1) is 7.06. The summed E-state index contributed by atoms with van der Waals surface area (Å²) < 4.78 is 5.59. The van der Waals surface area contributed by atoms with E-state index in [4.69, 9.17) is 4.74 Å². The Morgan fingerprint density at radius 3 is 2.47 bits per heavy atom.